The number of carbonyl (C=O) groups excluding carboxylic acids is 1. The van der Waals surface area contributed by atoms with Crippen LogP contribution in [0, 0.1) is 11.6 Å². The summed E-state index contributed by atoms with van der Waals surface area (Å²) >= 11 is 0. The third-order valence-electron chi connectivity index (χ3n) is 6.64. The zero-order valence-electron chi connectivity index (χ0n) is 21.2. The molecule has 2 heterocycles. The number of nitrogens with one attached hydrogen (secondary N) is 2. The molecule has 1 unspecified atom stereocenters. The zero-order chi connectivity index (χ0) is 27.4. The van der Waals surface area contributed by atoms with Crippen molar-refractivity contribution in [2.75, 3.05) is 33.5 Å². The molecule has 1 fully saturated rings. The van der Waals surface area contributed by atoms with Gasteiger partial charge < -0.3 is 19.2 Å². The molecule has 2 N–H and O–H groups in total. The van der Waals surface area contributed by atoms with E-state index in [9.17, 15) is 18.4 Å². The second kappa shape index (κ2) is 11.7. The van der Waals surface area contributed by atoms with Gasteiger partial charge in [0.25, 0.3) is 0 Å². The summed E-state index contributed by atoms with van der Waals surface area (Å²) in [5.74, 6) is -1.53. The van der Waals surface area contributed by atoms with Crippen molar-refractivity contribution in [1.82, 2.24) is 15.8 Å². The van der Waals surface area contributed by atoms with Crippen molar-refractivity contribution in [2.45, 2.75) is 12.0 Å². The summed E-state index contributed by atoms with van der Waals surface area (Å²) in [7, 11) is 1.47. The number of hydrazine groups is 1. The lowest BCUT2D eigenvalue weighted by molar-refractivity contribution is 0.0520. The van der Waals surface area contributed by atoms with Crippen LogP contribution in [0.5, 0.6) is 5.75 Å². The van der Waals surface area contributed by atoms with Gasteiger partial charge in [0.05, 0.1) is 6.04 Å². The lowest BCUT2D eigenvalue weighted by Crippen LogP contribution is -2.60. The molecule has 0 radical (unpaired) electrons. The Labute approximate surface area is 223 Å². The molecule has 1 aromatic heterocycles. The fourth-order valence-corrected chi connectivity index (χ4v) is 4.86. The van der Waals surface area contributed by atoms with E-state index in [4.69, 9.17) is 13.9 Å². The van der Waals surface area contributed by atoms with E-state index < -0.39 is 11.3 Å². The van der Waals surface area contributed by atoms with E-state index in [0.717, 1.165) is 17.2 Å². The van der Waals surface area contributed by atoms with Gasteiger partial charge in [-0.05, 0) is 47.5 Å². The van der Waals surface area contributed by atoms with Gasteiger partial charge in [-0.25, -0.2) is 13.8 Å². The molecule has 0 aliphatic carbocycles. The van der Waals surface area contributed by atoms with Crippen LogP contribution in [0.15, 0.2) is 82.0 Å². The molecule has 1 aliphatic heterocycles. The first-order valence-corrected chi connectivity index (χ1v) is 12.4. The highest BCUT2D eigenvalue weighted by Crippen LogP contribution is 2.32. The third-order valence-corrected chi connectivity index (χ3v) is 6.64. The average Bonchev–Trinajstić information content (AvgIpc) is 2.94. The first-order chi connectivity index (χ1) is 18.9. The van der Waals surface area contributed by atoms with Gasteiger partial charge in [-0.3, -0.25) is 15.0 Å². The number of carbonyl (C=O) groups is 1. The molecule has 8 nitrogen and oxygen atoms in total. The van der Waals surface area contributed by atoms with E-state index in [0.29, 0.717) is 25.4 Å². The van der Waals surface area contributed by atoms with E-state index in [2.05, 4.69) is 10.7 Å². The van der Waals surface area contributed by atoms with E-state index in [1.165, 1.54) is 31.4 Å². The molecule has 1 saturated heterocycles. The topological polar surface area (TPSA) is 93.0 Å². The Balaban J connectivity index is 1.46. The summed E-state index contributed by atoms with van der Waals surface area (Å²) in [6.07, 6.45) is 0. The van der Waals surface area contributed by atoms with Crippen molar-refractivity contribution in [3.8, 4) is 5.75 Å². The average molecular weight is 536 g/mol. The third kappa shape index (κ3) is 5.83. The summed E-state index contributed by atoms with van der Waals surface area (Å²) in [6, 6.07) is 17.9. The minimum atomic E-state index is -0.596. The van der Waals surface area contributed by atoms with Gasteiger partial charge >= 0.3 is 5.91 Å². The lowest BCUT2D eigenvalue weighted by atomic mass is 9.84. The summed E-state index contributed by atoms with van der Waals surface area (Å²) in [6.45, 7) is 1.48. The van der Waals surface area contributed by atoms with Crippen molar-refractivity contribution < 1.29 is 27.5 Å². The van der Waals surface area contributed by atoms with E-state index >= 15 is 0 Å². The van der Waals surface area contributed by atoms with Crippen LogP contribution in [-0.2, 0) is 4.74 Å². The van der Waals surface area contributed by atoms with Gasteiger partial charge in [-0.15, -0.1) is 0 Å². The number of hydrogen-bond donors (Lipinski definition) is 2. The zero-order valence-corrected chi connectivity index (χ0v) is 21.2. The predicted octanol–water partition coefficient (Wildman–Crippen LogP) is 3.80. The van der Waals surface area contributed by atoms with Crippen LogP contribution >= 0.6 is 0 Å². The minimum Gasteiger partial charge on any atom is -0.467 e. The number of piperazine rings is 1. The van der Waals surface area contributed by atoms with Crippen LogP contribution in [-0.4, -0.2) is 50.5 Å². The Morgan fingerprint density at radius 2 is 1.74 bits per heavy atom. The fraction of sp³-hybridized carbons (Fsp3) is 0.241. The monoisotopic (exact) mass is 535 g/mol. The molecule has 1 aliphatic rings. The molecule has 1 atom stereocenters. The first-order valence-electron chi connectivity index (χ1n) is 12.4. The molecule has 5 rings (SSSR count). The van der Waals surface area contributed by atoms with Crippen molar-refractivity contribution in [1.29, 1.82) is 0 Å². The molecule has 39 heavy (non-hydrogen) atoms. The van der Waals surface area contributed by atoms with Gasteiger partial charge in [0, 0.05) is 38.7 Å². The maximum absolute atomic E-state index is 13.7. The quantitative estimate of drug-likeness (QED) is 0.332. The number of nitrogens with zero attached hydrogens (tertiary/aromatic N) is 1. The highest BCUT2D eigenvalue weighted by Gasteiger charge is 2.34. The molecule has 10 heteroatoms. The van der Waals surface area contributed by atoms with Crippen LogP contribution in [0.25, 0.3) is 11.0 Å². The molecule has 0 bridgehead atoms. The van der Waals surface area contributed by atoms with Crippen LogP contribution in [0.2, 0.25) is 0 Å². The second-order valence-electron chi connectivity index (χ2n) is 9.14. The maximum atomic E-state index is 13.7. The number of hydrogen-bond acceptors (Lipinski definition) is 7. The van der Waals surface area contributed by atoms with Crippen molar-refractivity contribution in [3.63, 3.8) is 0 Å². The number of benzene rings is 3. The van der Waals surface area contributed by atoms with Crippen LogP contribution in [0.3, 0.4) is 0 Å². The van der Waals surface area contributed by atoms with E-state index in [1.807, 2.05) is 0 Å². The molecule has 0 saturated carbocycles. The predicted molar refractivity (Wildman–Crippen MR) is 140 cm³/mol. The number of fused-ring (bicyclic) bond motifs is 1. The molecule has 0 spiro atoms. The van der Waals surface area contributed by atoms with Gasteiger partial charge in [-0.1, -0.05) is 30.3 Å². The largest absolute Gasteiger partial charge is 0.467 e. The normalized spacial score (nSPS) is 15.9. The Kier molecular flexibility index (Phi) is 7.97. The van der Waals surface area contributed by atoms with Crippen molar-refractivity contribution in [2.24, 2.45) is 0 Å². The number of rotatable bonds is 8. The highest BCUT2D eigenvalue weighted by atomic mass is 19.1. The Hall–Kier alpha value is -4.12. The first kappa shape index (κ1) is 26.5. The number of halogens is 2. The SMILES string of the molecule is COCOc1cccc2oc(C(=O)NN3CCNCC3C(c3ccc(F)cc3)c3ccc(F)cc3)cc(=O)c12. The molecule has 3 aromatic carbocycles. The minimum absolute atomic E-state index is 0.0472. The Bertz CT molecular complexity index is 1460. The van der Waals surface area contributed by atoms with Gasteiger partial charge in [0.1, 0.15) is 28.4 Å². The Morgan fingerprint density at radius 3 is 2.38 bits per heavy atom. The Morgan fingerprint density at radius 1 is 1.08 bits per heavy atom. The highest BCUT2D eigenvalue weighted by molar-refractivity contribution is 5.93. The van der Waals surface area contributed by atoms with Gasteiger partial charge in [0.15, 0.2) is 18.0 Å². The number of methoxy groups -OCH3 is 1. The molecule has 202 valence electrons. The smallest absolute Gasteiger partial charge is 0.301 e. The van der Waals surface area contributed by atoms with Gasteiger partial charge in [0.2, 0.25) is 0 Å². The summed E-state index contributed by atoms with van der Waals surface area (Å²) < 4.78 is 43.7. The van der Waals surface area contributed by atoms with Crippen molar-refractivity contribution >= 4 is 16.9 Å². The van der Waals surface area contributed by atoms with Crippen LogP contribution in [0.1, 0.15) is 27.6 Å². The molecular formula is C29H27F2N3O5. The van der Waals surface area contributed by atoms with E-state index in [-0.39, 0.29) is 47.1 Å². The fourth-order valence-electron chi connectivity index (χ4n) is 4.86. The van der Waals surface area contributed by atoms with Crippen LogP contribution < -0.4 is 20.9 Å². The van der Waals surface area contributed by atoms with E-state index in [1.54, 1.807) is 47.5 Å². The molecule has 4 aromatic rings. The lowest BCUT2D eigenvalue weighted by Gasteiger charge is -2.41. The maximum Gasteiger partial charge on any atom is 0.301 e. The summed E-state index contributed by atoms with van der Waals surface area (Å²) in [5, 5.41) is 5.32. The van der Waals surface area contributed by atoms with Crippen molar-refractivity contribution in [3.05, 3.63) is 112 Å². The molecular weight excluding hydrogens is 508 g/mol. The summed E-state index contributed by atoms with van der Waals surface area (Å²) in [4.78, 5) is 26.3. The summed E-state index contributed by atoms with van der Waals surface area (Å²) in [5.41, 5.74) is 4.27. The molecule has 1 amide bonds. The van der Waals surface area contributed by atoms with Gasteiger partial charge in [-0.2, -0.15) is 0 Å². The van der Waals surface area contributed by atoms with Crippen LogP contribution in [0.4, 0.5) is 8.78 Å². The standard InChI is InChI=1S/C29H27F2N3O5/c1-37-17-38-24-3-2-4-25-28(24)23(35)15-26(39-25)29(36)33-34-14-13-32-16-22(34)27(18-5-9-20(30)10-6-18)19-7-11-21(31)12-8-19/h2-12,15,22,27,32H,13-14,16-17H2,1H3,(H,33,36). The second-order valence-corrected chi connectivity index (χ2v) is 9.14. The number of ether oxygens (including phenoxy) is 2. The number of amides is 1.